The van der Waals surface area contributed by atoms with E-state index in [1.807, 2.05) is 0 Å². The van der Waals surface area contributed by atoms with Crippen molar-refractivity contribution >= 4 is 5.91 Å². The van der Waals surface area contributed by atoms with Crippen LogP contribution in [0.25, 0.3) is 0 Å². The van der Waals surface area contributed by atoms with Crippen molar-refractivity contribution < 1.29 is 9.90 Å². The smallest absolute Gasteiger partial charge is 0.266 e. The molecule has 0 unspecified atom stereocenters. The van der Waals surface area contributed by atoms with Crippen molar-refractivity contribution in [3.63, 3.8) is 0 Å². The van der Waals surface area contributed by atoms with E-state index in [9.17, 15) is 14.7 Å². The van der Waals surface area contributed by atoms with E-state index in [1.165, 1.54) is 13.1 Å². The first-order valence-electron chi connectivity index (χ1n) is 4.20. The monoisotopic (exact) mass is 196 g/mol. The second kappa shape index (κ2) is 3.53. The van der Waals surface area contributed by atoms with Crippen molar-refractivity contribution in [2.24, 2.45) is 12.8 Å². The number of nitrogens with two attached hydrogens (primary N) is 1. The summed E-state index contributed by atoms with van der Waals surface area (Å²) in [6.45, 7) is 1.78. The number of aryl methyl sites for hydroxylation is 1. The van der Waals surface area contributed by atoms with Crippen LogP contribution in [0.1, 0.15) is 22.8 Å². The second-order valence-corrected chi connectivity index (χ2v) is 2.98. The number of aromatic hydroxyl groups is 1. The van der Waals surface area contributed by atoms with Crippen LogP contribution in [0.15, 0.2) is 10.9 Å². The Morgan fingerprint density at radius 2 is 2.21 bits per heavy atom. The van der Waals surface area contributed by atoms with Crippen LogP contribution >= 0.6 is 0 Å². The van der Waals surface area contributed by atoms with Crippen molar-refractivity contribution in [1.29, 1.82) is 0 Å². The summed E-state index contributed by atoms with van der Waals surface area (Å²) in [6, 6.07) is 1.38. The molecule has 0 fully saturated rings. The average Bonchev–Trinajstić information content (AvgIpc) is 2.12. The van der Waals surface area contributed by atoms with Crippen molar-refractivity contribution in [2.75, 3.05) is 0 Å². The molecule has 0 saturated carbocycles. The van der Waals surface area contributed by atoms with Gasteiger partial charge in [-0.1, -0.05) is 6.92 Å². The van der Waals surface area contributed by atoms with E-state index in [0.29, 0.717) is 12.0 Å². The number of primary amides is 1. The second-order valence-electron chi connectivity index (χ2n) is 2.98. The van der Waals surface area contributed by atoms with Crippen molar-refractivity contribution in [3.05, 3.63) is 27.5 Å². The average molecular weight is 196 g/mol. The van der Waals surface area contributed by atoms with Crippen LogP contribution in [0.5, 0.6) is 5.88 Å². The predicted octanol–water partition coefficient (Wildman–Crippen LogP) is -0.248. The fourth-order valence-electron chi connectivity index (χ4n) is 1.28. The van der Waals surface area contributed by atoms with Gasteiger partial charge in [0.1, 0.15) is 5.56 Å². The third-order valence-electron chi connectivity index (χ3n) is 2.11. The minimum absolute atomic E-state index is 0.0483. The molecule has 1 aromatic rings. The molecule has 1 aromatic heterocycles. The highest BCUT2D eigenvalue weighted by Crippen LogP contribution is 2.12. The molecule has 0 bridgehead atoms. The highest BCUT2D eigenvalue weighted by atomic mass is 16.3. The summed E-state index contributed by atoms with van der Waals surface area (Å²) in [5.74, 6) is -0.931. The summed E-state index contributed by atoms with van der Waals surface area (Å²) in [7, 11) is 1.38. The maximum atomic E-state index is 11.5. The highest BCUT2D eigenvalue weighted by Gasteiger charge is 2.15. The van der Waals surface area contributed by atoms with Crippen molar-refractivity contribution in [3.8, 4) is 5.88 Å². The standard InChI is InChI=1S/C9H12N2O3/c1-3-5-4-6(12)11(2)9(14)7(5)8(10)13/h4,12H,3H2,1-2H3,(H2,10,13). The molecule has 0 aliphatic carbocycles. The molecule has 0 aliphatic heterocycles. The van der Waals surface area contributed by atoms with E-state index in [0.717, 1.165) is 4.57 Å². The molecule has 1 heterocycles. The van der Waals surface area contributed by atoms with Crippen molar-refractivity contribution in [1.82, 2.24) is 4.57 Å². The zero-order valence-corrected chi connectivity index (χ0v) is 8.07. The van der Waals surface area contributed by atoms with Crippen LogP contribution in [-0.2, 0) is 13.5 Å². The minimum atomic E-state index is -0.762. The first kappa shape index (κ1) is 10.3. The molecule has 0 saturated heterocycles. The van der Waals surface area contributed by atoms with Gasteiger partial charge in [0, 0.05) is 13.1 Å². The van der Waals surface area contributed by atoms with Gasteiger partial charge in [-0.15, -0.1) is 0 Å². The van der Waals surface area contributed by atoms with Gasteiger partial charge in [-0.2, -0.15) is 0 Å². The topological polar surface area (TPSA) is 85.3 Å². The number of carbonyl (C=O) groups excluding carboxylic acids is 1. The molecule has 0 aliphatic rings. The van der Waals surface area contributed by atoms with Gasteiger partial charge in [0.05, 0.1) is 0 Å². The van der Waals surface area contributed by atoms with E-state index in [-0.39, 0.29) is 11.4 Å². The summed E-state index contributed by atoms with van der Waals surface area (Å²) < 4.78 is 0.985. The van der Waals surface area contributed by atoms with E-state index in [2.05, 4.69) is 0 Å². The Morgan fingerprint density at radius 1 is 1.64 bits per heavy atom. The largest absolute Gasteiger partial charge is 0.494 e. The van der Waals surface area contributed by atoms with E-state index >= 15 is 0 Å². The molecule has 0 aromatic carbocycles. The van der Waals surface area contributed by atoms with Crippen LogP contribution in [0.4, 0.5) is 0 Å². The number of pyridine rings is 1. The number of hydrogen-bond donors (Lipinski definition) is 2. The Hall–Kier alpha value is -1.78. The Labute approximate surface area is 80.8 Å². The first-order valence-corrected chi connectivity index (χ1v) is 4.20. The Bertz CT molecular complexity index is 434. The minimum Gasteiger partial charge on any atom is -0.494 e. The molecule has 1 rings (SSSR count). The van der Waals surface area contributed by atoms with Gasteiger partial charge in [0.25, 0.3) is 11.5 Å². The van der Waals surface area contributed by atoms with Crippen LogP contribution in [0.3, 0.4) is 0 Å². The third kappa shape index (κ3) is 1.48. The first-order chi connectivity index (χ1) is 6.49. The number of nitrogens with zero attached hydrogens (tertiary/aromatic N) is 1. The number of rotatable bonds is 2. The summed E-state index contributed by atoms with van der Waals surface area (Å²) in [6.07, 6.45) is 0.474. The quantitative estimate of drug-likeness (QED) is 0.684. The van der Waals surface area contributed by atoms with Crippen LogP contribution in [0.2, 0.25) is 0 Å². The molecule has 0 radical (unpaired) electrons. The van der Waals surface area contributed by atoms with Gasteiger partial charge in [-0.25, -0.2) is 0 Å². The summed E-state index contributed by atoms with van der Waals surface area (Å²) >= 11 is 0. The fraction of sp³-hybridized carbons (Fsp3) is 0.333. The molecule has 1 amide bonds. The number of hydrogen-bond acceptors (Lipinski definition) is 3. The lowest BCUT2D eigenvalue weighted by molar-refractivity contribution is 0.0997. The molecule has 3 N–H and O–H groups in total. The SMILES string of the molecule is CCc1cc(O)n(C)c(=O)c1C(N)=O. The van der Waals surface area contributed by atoms with Gasteiger partial charge in [0.15, 0.2) is 5.88 Å². The van der Waals surface area contributed by atoms with E-state index < -0.39 is 11.5 Å². The number of carbonyl (C=O) groups is 1. The summed E-state index contributed by atoms with van der Waals surface area (Å²) in [4.78, 5) is 22.5. The van der Waals surface area contributed by atoms with Crippen molar-refractivity contribution in [2.45, 2.75) is 13.3 Å². The molecule has 0 atom stereocenters. The molecule has 5 nitrogen and oxygen atoms in total. The normalized spacial score (nSPS) is 10.1. The molecular formula is C9H12N2O3. The van der Waals surface area contributed by atoms with Crippen LogP contribution in [-0.4, -0.2) is 15.6 Å². The van der Waals surface area contributed by atoms with Crippen LogP contribution in [0, 0.1) is 0 Å². The van der Waals surface area contributed by atoms with Gasteiger partial charge < -0.3 is 10.8 Å². The predicted molar refractivity (Wildman–Crippen MR) is 51.2 cm³/mol. The summed E-state index contributed by atoms with van der Waals surface area (Å²) in [5, 5.41) is 9.33. The molecule has 5 heteroatoms. The lowest BCUT2D eigenvalue weighted by Gasteiger charge is -2.08. The van der Waals surface area contributed by atoms with Crippen LogP contribution < -0.4 is 11.3 Å². The van der Waals surface area contributed by atoms with E-state index in [4.69, 9.17) is 5.73 Å². The number of aromatic nitrogens is 1. The number of amides is 1. The lowest BCUT2D eigenvalue weighted by Crippen LogP contribution is -2.29. The maximum Gasteiger partial charge on any atom is 0.266 e. The molecule has 14 heavy (non-hydrogen) atoms. The van der Waals surface area contributed by atoms with Gasteiger partial charge in [0.2, 0.25) is 0 Å². The Morgan fingerprint density at radius 3 is 2.64 bits per heavy atom. The zero-order valence-electron chi connectivity index (χ0n) is 8.07. The summed E-state index contributed by atoms with van der Waals surface area (Å²) in [5.41, 5.74) is 4.94. The fourth-order valence-corrected chi connectivity index (χ4v) is 1.28. The van der Waals surface area contributed by atoms with Gasteiger partial charge in [-0.05, 0) is 12.0 Å². The third-order valence-corrected chi connectivity index (χ3v) is 2.11. The molecule has 0 spiro atoms. The zero-order chi connectivity index (χ0) is 10.9. The lowest BCUT2D eigenvalue weighted by atomic mass is 10.1. The van der Waals surface area contributed by atoms with E-state index in [1.54, 1.807) is 6.92 Å². The van der Waals surface area contributed by atoms with Gasteiger partial charge >= 0.3 is 0 Å². The Balaban J connectivity index is 3.62. The maximum absolute atomic E-state index is 11.5. The highest BCUT2D eigenvalue weighted by molar-refractivity contribution is 5.94. The Kier molecular flexibility index (Phi) is 2.60. The molecule has 76 valence electrons. The van der Waals surface area contributed by atoms with Gasteiger partial charge in [-0.3, -0.25) is 14.2 Å². The molecular weight excluding hydrogens is 184 g/mol.